The minimum atomic E-state index is -0.0942. The Kier molecular flexibility index (Phi) is 3.24. The van der Waals surface area contributed by atoms with Gasteiger partial charge in [-0.1, -0.05) is 36.7 Å². The van der Waals surface area contributed by atoms with E-state index in [1.165, 1.54) is 5.56 Å². The van der Waals surface area contributed by atoms with Crippen molar-refractivity contribution in [3.05, 3.63) is 64.3 Å². The zero-order valence-electron chi connectivity index (χ0n) is 12.6. The molecule has 114 valence electrons. The Morgan fingerprint density at radius 3 is 2.91 bits per heavy atom. The maximum Gasteiger partial charge on any atom is 0.256 e. The number of carbonyl (C=O) groups excluding carboxylic acids is 1. The first kappa shape index (κ1) is 14.1. The summed E-state index contributed by atoms with van der Waals surface area (Å²) < 4.78 is 0. The van der Waals surface area contributed by atoms with Gasteiger partial charge in [0.05, 0.1) is 0 Å². The van der Waals surface area contributed by atoms with Crippen molar-refractivity contribution in [2.45, 2.75) is 13.3 Å². The Bertz CT molecular complexity index is 969. The van der Waals surface area contributed by atoms with E-state index in [1.807, 2.05) is 24.4 Å². The lowest BCUT2D eigenvalue weighted by molar-refractivity contribution is -0.110. The maximum atomic E-state index is 12.3. The lowest BCUT2D eigenvalue weighted by Crippen LogP contribution is -2.03. The molecule has 1 aliphatic heterocycles. The number of rotatable bonds is 2. The highest BCUT2D eigenvalue weighted by Gasteiger charge is 2.24. The van der Waals surface area contributed by atoms with Crippen LogP contribution < -0.4 is 5.32 Å². The van der Waals surface area contributed by atoms with E-state index in [2.05, 4.69) is 35.4 Å². The molecule has 1 amide bonds. The van der Waals surface area contributed by atoms with E-state index in [9.17, 15) is 4.79 Å². The van der Waals surface area contributed by atoms with Gasteiger partial charge < -0.3 is 10.3 Å². The van der Waals surface area contributed by atoms with E-state index >= 15 is 0 Å². The molecule has 2 heterocycles. The average molecular weight is 323 g/mol. The number of amides is 1. The highest BCUT2D eigenvalue weighted by Crippen LogP contribution is 2.36. The minimum absolute atomic E-state index is 0.0942. The van der Waals surface area contributed by atoms with E-state index in [1.54, 1.807) is 6.07 Å². The minimum Gasteiger partial charge on any atom is -0.360 e. The van der Waals surface area contributed by atoms with Gasteiger partial charge in [0, 0.05) is 44.5 Å². The second-order valence-electron chi connectivity index (χ2n) is 5.64. The highest BCUT2D eigenvalue weighted by atomic mass is 35.5. The summed E-state index contributed by atoms with van der Waals surface area (Å²) in [5.74, 6) is -0.0942. The number of nitrogens with one attached hydrogen (secondary N) is 2. The van der Waals surface area contributed by atoms with Gasteiger partial charge >= 0.3 is 0 Å². The molecule has 0 radical (unpaired) electrons. The van der Waals surface area contributed by atoms with E-state index in [-0.39, 0.29) is 5.91 Å². The first-order chi connectivity index (χ1) is 11.2. The fraction of sp³-hybridized carbons (Fsp3) is 0.105. The Labute approximate surface area is 139 Å². The Hall–Kier alpha value is -2.52. The molecule has 0 saturated heterocycles. The number of benzene rings is 2. The number of aromatic nitrogens is 1. The standard InChI is InChI=1S/C19H15ClN2O/c1-2-11-4-3-5-14-12(10-21-18(11)14)8-16-15-9-13(20)6-7-17(15)22-19(16)23/h3-10,21H,2H2,1H3,(H,22,23)/b16-8-. The van der Waals surface area contributed by atoms with E-state index < -0.39 is 0 Å². The van der Waals surface area contributed by atoms with Crippen LogP contribution in [0.25, 0.3) is 22.6 Å². The molecule has 23 heavy (non-hydrogen) atoms. The van der Waals surface area contributed by atoms with Gasteiger partial charge in [-0.25, -0.2) is 0 Å². The Balaban J connectivity index is 1.89. The summed E-state index contributed by atoms with van der Waals surface area (Å²) in [6, 6.07) is 11.7. The van der Waals surface area contributed by atoms with Crippen molar-refractivity contribution in [1.29, 1.82) is 0 Å². The normalized spacial score (nSPS) is 15.2. The number of aryl methyl sites for hydroxylation is 1. The van der Waals surface area contributed by atoms with Crippen LogP contribution in [-0.2, 0) is 11.2 Å². The summed E-state index contributed by atoms with van der Waals surface area (Å²) in [7, 11) is 0. The molecule has 2 aromatic carbocycles. The number of H-pyrrole nitrogens is 1. The molecule has 0 unspecified atom stereocenters. The van der Waals surface area contributed by atoms with Crippen LogP contribution in [0.5, 0.6) is 0 Å². The Morgan fingerprint density at radius 1 is 1.22 bits per heavy atom. The average Bonchev–Trinajstić information content (AvgIpc) is 3.10. The number of halogens is 1. The third kappa shape index (κ3) is 2.25. The van der Waals surface area contributed by atoms with Crippen molar-refractivity contribution < 1.29 is 4.79 Å². The van der Waals surface area contributed by atoms with Crippen molar-refractivity contribution in [3.63, 3.8) is 0 Å². The van der Waals surface area contributed by atoms with Crippen LogP contribution in [0.15, 0.2) is 42.6 Å². The predicted octanol–water partition coefficient (Wildman–Crippen LogP) is 4.88. The number of aromatic amines is 1. The third-order valence-electron chi connectivity index (χ3n) is 4.28. The lowest BCUT2D eigenvalue weighted by atomic mass is 10.0. The zero-order chi connectivity index (χ0) is 16.0. The molecule has 0 spiro atoms. The van der Waals surface area contributed by atoms with Gasteiger partial charge in [0.2, 0.25) is 0 Å². The molecule has 2 N–H and O–H groups in total. The number of fused-ring (bicyclic) bond motifs is 2. The number of para-hydroxylation sites is 1. The summed E-state index contributed by atoms with van der Waals surface area (Å²) in [4.78, 5) is 15.6. The molecule has 1 aliphatic rings. The van der Waals surface area contributed by atoms with Gasteiger partial charge in [-0.15, -0.1) is 0 Å². The van der Waals surface area contributed by atoms with Crippen LogP contribution in [0.2, 0.25) is 5.02 Å². The summed E-state index contributed by atoms with van der Waals surface area (Å²) in [6.45, 7) is 2.14. The van der Waals surface area contributed by atoms with Crippen LogP contribution in [0, 0.1) is 0 Å². The second kappa shape index (κ2) is 5.28. The zero-order valence-corrected chi connectivity index (χ0v) is 13.4. The van der Waals surface area contributed by atoms with Crippen molar-refractivity contribution >= 4 is 45.7 Å². The molecule has 0 saturated carbocycles. The molecular weight excluding hydrogens is 308 g/mol. The molecule has 1 aromatic heterocycles. The smallest absolute Gasteiger partial charge is 0.256 e. The number of hydrogen-bond donors (Lipinski definition) is 2. The number of carbonyl (C=O) groups is 1. The maximum absolute atomic E-state index is 12.3. The van der Waals surface area contributed by atoms with Crippen molar-refractivity contribution in [3.8, 4) is 0 Å². The van der Waals surface area contributed by atoms with E-state index in [0.717, 1.165) is 34.1 Å². The van der Waals surface area contributed by atoms with Gasteiger partial charge in [-0.2, -0.15) is 0 Å². The van der Waals surface area contributed by atoms with Crippen LogP contribution in [0.4, 0.5) is 5.69 Å². The van der Waals surface area contributed by atoms with Crippen LogP contribution in [0.1, 0.15) is 23.6 Å². The number of hydrogen-bond acceptors (Lipinski definition) is 1. The van der Waals surface area contributed by atoms with E-state index in [0.29, 0.717) is 10.6 Å². The fourth-order valence-electron chi connectivity index (χ4n) is 3.11. The van der Waals surface area contributed by atoms with Gasteiger partial charge in [-0.3, -0.25) is 4.79 Å². The van der Waals surface area contributed by atoms with Crippen LogP contribution in [-0.4, -0.2) is 10.9 Å². The van der Waals surface area contributed by atoms with Crippen LogP contribution in [0.3, 0.4) is 0 Å². The second-order valence-corrected chi connectivity index (χ2v) is 6.08. The molecule has 0 aliphatic carbocycles. The molecule has 0 atom stereocenters. The summed E-state index contributed by atoms with van der Waals surface area (Å²) in [5, 5.41) is 4.63. The van der Waals surface area contributed by atoms with Crippen molar-refractivity contribution in [1.82, 2.24) is 4.98 Å². The van der Waals surface area contributed by atoms with Crippen molar-refractivity contribution in [2.75, 3.05) is 5.32 Å². The third-order valence-corrected chi connectivity index (χ3v) is 4.51. The summed E-state index contributed by atoms with van der Waals surface area (Å²) in [6.07, 6.45) is 4.84. The monoisotopic (exact) mass is 322 g/mol. The summed E-state index contributed by atoms with van der Waals surface area (Å²) in [5.41, 5.74) is 5.71. The lowest BCUT2D eigenvalue weighted by Gasteiger charge is -2.01. The highest BCUT2D eigenvalue weighted by molar-refractivity contribution is 6.37. The van der Waals surface area contributed by atoms with Crippen LogP contribution >= 0.6 is 11.6 Å². The molecular formula is C19H15ClN2O. The van der Waals surface area contributed by atoms with Crippen molar-refractivity contribution in [2.24, 2.45) is 0 Å². The first-order valence-corrected chi connectivity index (χ1v) is 7.97. The molecule has 4 heteroatoms. The summed E-state index contributed by atoms with van der Waals surface area (Å²) >= 11 is 6.08. The van der Waals surface area contributed by atoms with Gasteiger partial charge in [0.25, 0.3) is 5.91 Å². The Morgan fingerprint density at radius 2 is 2.09 bits per heavy atom. The number of anilines is 1. The van der Waals surface area contributed by atoms with Gasteiger partial charge in [0.15, 0.2) is 0 Å². The predicted molar refractivity (Wildman–Crippen MR) is 95.6 cm³/mol. The molecule has 4 rings (SSSR count). The topological polar surface area (TPSA) is 44.9 Å². The SMILES string of the molecule is CCc1cccc2c(/C=C3\C(=O)Nc4ccc(Cl)cc43)c[nH]c12. The van der Waals surface area contributed by atoms with Gasteiger partial charge in [0.1, 0.15) is 0 Å². The first-order valence-electron chi connectivity index (χ1n) is 7.59. The molecule has 0 bridgehead atoms. The quantitative estimate of drug-likeness (QED) is 0.649. The molecule has 0 fully saturated rings. The fourth-order valence-corrected chi connectivity index (χ4v) is 3.28. The molecule has 3 nitrogen and oxygen atoms in total. The van der Waals surface area contributed by atoms with Gasteiger partial charge in [-0.05, 0) is 36.3 Å². The largest absolute Gasteiger partial charge is 0.360 e. The van der Waals surface area contributed by atoms with E-state index in [4.69, 9.17) is 11.6 Å². The molecule has 3 aromatic rings.